The van der Waals surface area contributed by atoms with E-state index in [1.165, 1.54) is 12.1 Å². The Balaban J connectivity index is 1.90. The van der Waals surface area contributed by atoms with Gasteiger partial charge in [-0.3, -0.25) is 4.79 Å². The van der Waals surface area contributed by atoms with Gasteiger partial charge >= 0.3 is 18.5 Å². The van der Waals surface area contributed by atoms with E-state index in [0.717, 1.165) is 11.6 Å². The summed E-state index contributed by atoms with van der Waals surface area (Å²) in [5.74, 6) is -1.36. The maximum Gasteiger partial charge on any atom is 0.573 e. The molecule has 3 aromatic rings. The van der Waals surface area contributed by atoms with Crippen LogP contribution in [0.15, 0.2) is 42.5 Å². The van der Waals surface area contributed by atoms with Crippen LogP contribution in [0, 0.1) is 6.92 Å². The van der Waals surface area contributed by atoms with Gasteiger partial charge in [-0.25, -0.2) is 0 Å². The maximum atomic E-state index is 13.6. The number of aryl methyl sites for hydroxylation is 2. The molecule has 0 saturated heterocycles. The molecule has 0 aliphatic heterocycles. The number of alkyl halides is 6. The molecule has 0 bridgehead atoms. The summed E-state index contributed by atoms with van der Waals surface area (Å²) in [7, 11) is 0. The number of aromatic nitrogens is 1. The highest BCUT2D eigenvalue weighted by Crippen LogP contribution is 2.41. The van der Waals surface area contributed by atoms with Crippen LogP contribution >= 0.6 is 11.5 Å². The smallest absolute Gasteiger partial charge is 0.489 e. The predicted molar refractivity (Wildman–Crippen MR) is 120 cm³/mol. The van der Waals surface area contributed by atoms with Gasteiger partial charge in [-0.15, -0.1) is 13.2 Å². The van der Waals surface area contributed by atoms with Crippen LogP contribution in [0.4, 0.5) is 26.3 Å². The standard InChI is InChI=1S/C24H21F6NO4S/c1-3-33-20(32)11-9-15-8-10-16(12-19(15)35-24(28,29)30)34-13-18-21(17-7-5-4-6-14(17)2)36-31-22(18)23(25,26)27/h4-8,10,12H,3,9,11,13H2,1-2H3. The number of nitrogens with zero attached hydrogens (tertiary/aromatic N) is 1. The van der Waals surface area contributed by atoms with Crippen LogP contribution in [0.1, 0.15) is 35.7 Å². The van der Waals surface area contributed by atoms with E-state index in [1.807, 2.05) is 0 Å². The van der Waals surface area contributed by atoms with E-state index in [4.69, 9.17) is 9.47 Å². The lowest BCUT2D eigenvalue weighted by molar-refractivity contribution is -0.274. The zero-order valence-electron chi connectivity index (χ0n) is 19.1. The average Bonchev–Trinajstić information content (AvgIpc) is 3.21. The molecular weight excluding hydrogens is 512 g/mol. The van der Waals surface area contributed by atoms with Crippen molar-refractivity contribution in [3.63, 3.8) is 0 Å². The van der Waals surface area contributed by atoms with Crippen molar-refractivity contribution in [2.75, 3.05) is 6.61 Å². The number of esters is 1. The van der Waals surface area contributed by atoms with Crippen molar-refractivity contribution in [3.8, 4) is 21.9 Å². The molecule has 1 aromatic heterocycles. The van der Waals surface area contributed by atoms with Gasteiger partial charge in [-0.1, -0.05) is 30.3 Å². The van der Waals surface area contributed by atoms with Gasteiger partial charge in [0.15, 0.2) is 5.69 Å². The molecule has 0 N–H and O–H groups in total. The largest absolute Gasteiger partial charge is 0.573 e. The first-order valence-electron chi connectivity index (χ1n) is 10.7. The zero-order valence-corrected chi connectivity index (χ0v) is 19.9. The topological polar surface area (TPSA) is 57.7 Å². The van der Waals surface area contributed by atoms with Crippen LogP contribution in [0.25, 0.3) is 10.4 Å². The summed E-state index contributed by atoms with van der Waals surface area (Å²) >= 11 is 0.665. The molecule has 194 valence electrons. The van der Waals surface area contributed by atoms with Crippen molar-refractivity contribution in [3.05, 3.63) is 64.8 Å². The molecule has 0 aliphatic rings. The first-order valence-corrected chi connectivity index (χ1v) is 11.4. The molecule has 0 aliphatic carbocycles. The van der Waals surface area contributed by atoms with E-state index in [9.17, 15) is 31.1 Å². The van der Waals surface area contributed by atoms with Crippen LogP contribution in [0.3, 0.4) is 0 Å². The van der Waals surface area contributed by atoms with Crippen molar-refractivity contribution in [1.29, 1.82) is 0 Å². The number of hydrogen-bond acceptors (Lipinski definition) is 6. The highest BCUT2D eigenvalue weighted by Gasteiger charge is 2.38. The molecule has 0 amide bonds. The number of benzene rings is 2. The third-order valence-corrected chi connectivity index (χ3v) is 5.92. The molecule has 0 fully saturated rings. The van der Waals surface area contributed by atoms with E-state index in [1.54, 1.807) is 38.1 Å². The maximum absolute atomic E-state index is 13.6. The summed E-state index contributed by atoms with van der Waals surface area (Å²) in [6.07, 6.45) is -10.1. The third-order valence-electron chi connectivity index (χ3n) is 5.00. The Kier molecular flexibility index (Phi) is 8.49. The van der Waals surface area contributed by atoms with Crippen molar-refractivity contribution in [2.45, 2.75) is 45.8 Å². The van der Waals surface area contributed by atoms with E-state index in [0.29, 0.717) is 17.1 Å². The van der Waals surface area contributed by atoms with Crippen LogP contribution in [0.2, 0.25) is 0 Å². The fraction of sp³-hybridized carbons (Fsp3) is 0.333. The fourth-order valence-corrected chi connectivity index (χ4v) is 4.37. The molecule has 0 radical (unpaired) electrons. The summed E-state index contributed by atoms with van der Waals surface area (Å²) in [6, 6.07) is 10.3. The second-order valence-electron chi connectivity index (χ2n) is 7.56. The lowest BCUT2D eigenvalue weighted by Gasteiger charge is -2.16. The number of halogens is 6. The number of carbonyl (C=O) groups excluding carboxylic acids is 1. The number of rotatable bonds is 9. The van der Waals surface area contributed by atoms with Crippen LogP contribution in [0.5, 0.6) is 11.5 Å². The molecule has 0 atom stereocenters. The lowest BCUT2D eigenvalue weighted by Crippen LogP contribution is -2.18. The number of hydrogen-bond donors (Lipinski definition) is 0. The summed E-state index contributed by atoms with van der Waals surface area (Å²) in [5, 5.41) is 0. The Bertz CT molecular complexity index is 1210. The number of ether oxygens (including phenoxy) is 3. The summed E-state index contributed by atoms with van der Waals surface area (Å²) < 4.78 is 97.6. The molecule has 2 aromatic carbocycles. The average molecular weight is 533 g/mol. The Labute approximate surface area is 206 Å². The Hall–Kier alpha value is -3.28. The van der Waals surface area contributed by atoms with Gasteiger partial charge in [0.1, 0.15) is 18.1 Å². The predicted octanol–water partition coefficient (Wildman–Crippen LogP) is 7.11. The minimum Gasteiger partial charge on any atom is -0.489 e. The molecule has 36 heavy (non-hydrogen) atoms. The molecule has 0 unspecified atom stereocenters. The van der Waals surface area contributed by atoms with Gasteiger partial charge in [0.05, 0.1) is 11.5 Å². The van der Waals surface area contributed by atoms with E-state index >= 15 is 0 Å². The molecule has 3 rings (SSSR count). The fourth-order valence-electron chi connectivity index (χ4n) is 3.38. The molecule has 1 heterocycles. The quantitative estimate of drug-likeness (QED) is 0.217. The highest BCUT2D eigenvalue weighted by molar-refractivity contribution is 7.09. The van der Waals surface area contributed by atoms with Crippen LogP contribution < -0.4 is 9.47 Å². The Morgan fingerprint density at radius 1 is 1.06 bits per heavy atom. The van der Waals surface area contributed by atoms with Gasteiger partial charge in [-0.05, 0) is 54.6 Å². The van der Waals surface area contributed by atoms with Gasteiger partial charge in [0.25, 0.3) is 0 Å². The second kappa shape index (κ2) is 11.2. The van der Waals surface area contributed by atoms with E-state index in [2.05, 4.69) is 9.11 Å². The summed E-state index contributed by atoms with van der Waals surface area (Å²) in [6.45, 7) is 2.87. The highest BCUT2D eigenvalue weighted by atomic mass is 32.1. The minimum absolute atomic E-state index is 0.0570. The van der Waals surface area contributed by atoms with Gasteiger partial charge in [0, 0.05) is 18.1 Å². The normalized spacial score (nSPS) is 11.9. The first kappa shape index (κ1) is 27.3. The van der Waals surface area contributed by atoms with Crippen LogP contribution in [-0.4, -0.2) is 23.3 Å². The number of carbonyl (C=O) groups is 1. The van der Waals surface area contributed by atoms with E-state index < -0.39 is 36.6 Å². The Morgan fingerprint density at radius 2 is 1.78 bits per heavy atom. The second-order valence-corrected chi connectivity index (χ2v) is 8.34. The molecule has 5 nitrogen and oxygen atoms in total. The van der Waals surface area contributed by atoms with Gasteiger partial charge < -0.3 is 14.2 Å². The summed E-state index contributed by atoms with van der Waals surface area (Å²) in [4.78, 5) is 11.8. The van der Waals surface area contributed by atoms with Gasteiger partial charge in [0.2, 0.25) is 0 Å². The van der Waals surface area contributed by atoms with Crippen LogP contribution in [-0.2, 0) is 28.7 Å². The van der Waals surface area contributed by atoms with E-state index in [-0.39, 0.29) is 41.2 Å². The zero-order chi connectivity index (χ0) is 26.5. The minimum atomic E-state index is -5.03. The first-order chi connectivity index (χ1) is 16.9. The third kappa shape index (κ3) is 7.12. The van der Waals surface area contributed by atoms with Crippen molar-refractivity contribution < 1.29 is 45.3 Å². The molecule has 12 heteroatoms. The molecular formula is C24H21F6NO4S. The summed E-state index contributed by atoms with van der Waals surface area (Å²) in [5.41, 5.74) is -0.0287. The van der Waals surface area contributed by atoms with Crippen molar-refractivity contribution >= 4 is 17.5 Å². The van der Waals surface area contributed by atoms with Crippen molar-refractivity contribution in [2.24, 2.45) is 0 Å². The monoisotopic (exact) mass is 533 g/mol. The van der Waals surface area contributed by atoms with Gasteiger partial charge in [-0.2, -0.15) is 17.5 Å². The molecule has 0 saturated carbocycles. The Morgan fingerprint density at radius 3 is 2.42 bits per heavy atom. The SMILES string of the molecule is CCOC(=O)CCc1ccc(OCc2c(C(F)(F)F)nsc2-c2ccccc2C)cc1OC(F)(F)F. The lowest BCUT2D eigenvalue weighted by atomic mass is 10.0. The van der Waals surface area contributed by atoms with Crippen molar-refractivity contribution in [1.82, 2.24) is 4.37 Å². The molecule has 0 spiro atoms.